The normalized spacial score (nSPS) is 11.3. The van der Waals surface area contributed by atoms with Crippen molar-refractivity contribution in [2.45, 2.75) is 11.8 Å². The Labute approximate surface area is 142 Å². The molecule has 0 fully saturated rings. The Bertz CT molecular complexity index is 1050. The van der Waals surface area contributed by atoms with E-state index in [2.05, 4.69) is 0 Å². The second kappa shape index (κ2) is 6.25. The maximum absolute atomic E-state index is 12.4. The number of rotatable bonds is 4. The van der Waals surface area contributed by atoms with Crippen molar-refractivity contribution >= 4 is 27.5 Å². The molecule has 1 heterocycles. The standard InChI is InChI=1S/C14H13ClN2O6S/c1-8(18)10-6-9(15)4-5-11(10)23-24(21,22)12-7-16(2)14(20)17(3)13(12)19/h4-7H,1-3H3. The van der Waals surface area contributed by atoms with Gasteiger partial charge in [0.2, 0.25) is 0 Å². The molecule has 8 nitrogen and oxygen atoms in total. The van der Waals surface area contributed by atoms with Crippen LogP contribution in [0.15, 0.2) is 38.9 Å². The Balaban J connectivity index is 2.62. The molecular formula is C14H13ClN2O6S. The van der Waals surface area contributed by atoms with E-state index in [0.717, 1.165) is 17.8 Å². The molecule has 2 aromatic rings. The molecule has 0 unspecified atom stereocenters. The number of nitrogens with zero attached hydrogens (tertiary/aromatic N) is 2. The van der Waals surface area contributed by atoms with Crippen LogP contribution < -0.4 is 15.4 Å². The molecular weight excluding hydrogens is 360 g/mol. The van der Waals surface area contributed by atoms with Crippen molar-refractivity contribution < 1.29 is 17.4 Å². The summed E-state index contributed by atoms with van der Waals surface area (Å²) in [5.41, 5.74) is -1.76. The third-order valence-electron chi connectivity index (χ3n) is 3.20. The quantitative estimate of drug-likeness (QED) is 0.578. The molecule has 1 aromatic heterocycles. The Morgan fingerprint density at radius 3 is 2.42 bits per heavy atom. The van der Waals surface area contributed by atoms with Gasteiger partial charge in [-0.15, -0.1) is 0 Å². The summed E-state index contributed by atoms with van der Waals surface area (Å²) >= 11 is 5.78. The zero-order valence-corrected chi connectivity index (χ0v) is 14.5. The molecule has 1 aromatic carbocycles. The molecule has 10 heteroatoms. The zero-order chi connectivity index (χ0) is 18.2. The summed E-state index contributed by atoms with van der Waals surface area (Å²) < 4.78 is 31.3. The number of aryl methyl sites for hydroxylation is 1. The molecule has 0 aliphatic carbocycles. The Morgan fingerprint density at radius 1 is 1.21 bits per heavy atom. The first-order valence-electron chi connectivity index (χ1n) is 6.56. The molecule has 0 radical (unpaired) electrons. The molecule has 0 bridgehead atoms. The molecule has 0 N–H and O–H groups in total. The minimum Gasteiger partial charge on any atom is -0.378 e. The lowest BCUT2D eigenvalue weighted by molar-refractivity contribution is 0.101. The van der Waals surface area contributed by atoms with Crippen molar-refractivity contribution in [2.24, 2.45) is 14.1 Å². The van der Waals surface area contributed by atoms with Crippen molar-refractivity contribution in [1.82, 2.24) is 9.13 Å². The highest BCUT2D eigenvalue weighted by atomic mass is 35.5. The van der Waals surface area contributed by atoms with Crippen LogP contribution in [0, 0.1) is 0 Å². The smallest absolute Gasteiger partial charge is 0.346 e. The van der Waals surface area contributed by atoms with Gasteiger partial charge in [-0.3, -0.25) is 14.2 Å². The van der Waals surface area contributed by atoms with Crippen LogP contribution in [-0.2, 0) is 24.2 Å². The minimum atomic E-state index is -4.56. The van der Waals surface area contributed by atoms with E-state index in [1.54, 1.807) is 0 Å². The molecule has 0 saturated heterocycles. The number of ketones is 1. The summed E-state index contributed by atoms with van der Waals surface area (Å²) in [6.07, 6.45) is 0.864. The molecule has 128 valence electrons. The van der Waals surface area contributed by atoms with Gasteiger partial charge in [0.1, 0.15) is 0 Å². The lowest BCUT2D eigenvalue weighted by Gasteiger charge is -2.11. The van der Waals surface area contributed by atoms with Gasteiger partial charge < -0.3 is 8.75 Å². The second-order valence-electron chi connectivity index (χ2n) is 4.99. The topological polar surface area (TPSA) is 104 Å². The minimum absolute atomic E-state index is 0.0484. The number of halogens is 1. The van der Waals surface area contributed by atoms with Gasteiger partial charge in [-0.2, -0.15) is 8.42 Å². The summed E-state index contributed by atoms with van der Waals surface area (Å²) in [5.74, 6) is -0.723. The average molecular weight is 373 g/mol. The van der Waals surface area contributed by atoms with Gasteiger partial charge in [-0.25, -0.2) is 4.79 Å². The van der Waals surface area contributed by atoms with Crippen LogP contribution in [0.2, 0.25) is 5.02 Å². The summed E-state index contributed by atoms with van der Waals surface area (Å²) in [6.45, 7) is 1.22. The SMILES string of the molecule is CC(=O)c1cc(Cl)ccc1OS(=O)(=O)c1cn(C)c(=O)n(C)c1=O. The molecule has 0 saturated carbocycles. The van der Waals surface area contributed by atoms with Crippen molar-refractivity contribution in [2.75, 3.05) is 0 Å². The Kier molecular flexibility index (Phi) is 4.68. The number of aromatic nitrogens is 2. The van der Waals surface area contributed by atoms with Crippen LogP contribution in [0.4, 0.5) is 0 Å². The highest BCUT2D eigenvalue weighted by molar-refractivity contribution is 7.87. The lowest BCUT2D eigenvalue weighted by Crippen LogP contribution is -2.39. The van der Waals surface area contributed by atoms with Gasteiger partial charge in [-0.1, -0.05) is 11.6 Å². The van der Waals surface area contributed by atoms with Crippen LogP contribution in [0.1, 0.15) is 17.3 Å². The third-order valence-corrected chi connectivity index (χ3v) is 4.66. The third kappa shape index (κ3) is 3.26. The first-order valence-corrected chi connectivity index (χ1v) is 8.35. The fourth-order valence-corrected chi connectivity index (χ4v) is 3.24. The van der Waals surface area contributed by atoms with E-state index >= 15 is 0 Å². The summed E-state index contributed by atoms with van der Waals surface area (Å²) in [6, 6.07) is 3.81. The van der Waals surface area contributed by atoms with Crippen molar-refractivity contribution in [3.8, 4) is 5.75 Å². The predicted octanol–water partition coefficient (Wildman–Crippen LogP) is 0.708. The van der Waals surface area contributed by atoms with Crippen molar-refractivity contribution in [1.29, 1.82) is 0 Å². The largest absolute Gasteiger partial charge is 0.378 e. The number of Topliss-reactive ketones (excluding diaryl/α,β-unsaturated/α-hetero) is 1. The van der Waals surface area contributed by atoms with E-state index in [-0.39, 0.29) is 16.3 Å². The predicted molar refractivity (Wildman–Crippen MR) is 86.2 cm³/mol. The Hall–Kier alpha value is -2.39. The molecule has 0 spiro atoms. The van der Waals surface area contributed by atoms with E-state index in [0.29, 0.717) is 4.57 Å². The first kappa shape index (κ1) is 18.0. The summed E-state index contributed by atoms with van der Waals surface area (Å²) in [4.78, 5) is 34.6. The summed E-state index contributed by atoms with van der Waals surface area (Å²) in [7, 11) is -2.12. The molecule has 0 aliphatic heterocycles. The van der Waals surface area contributed by atoms with E-state index in [4.69, 9.17) is 15.8 Å². The van der Waals surface area contributed by atoms with Gasteiger partial charge >= 0.3 is 15.8 Å². The van der Waals surface area contributed by atoms with Crippen LogP contribution in [0.25, 0.3) is 0 Å². The molecule has 0 atom stereocenters. The van der Waals surface area contributed by atoms with Crippen molar-refractivity contribution in [3.05, 3.63) is 55.8 Å². The second-order valence-corrected chi connectivity index (χ2v) is 6.94. The maximum atomic E-state index is 12.4. The van der Waals surface area contributed by atoms with Crippen LogP contribution in [0.5, 0.6) is 5.75 Å². The number of hydrogen-bond acceptors (Lipinski definition) is 6. The average Bonchev–Trinajstić information content (AvgIpc) is 2.50. The number of benzene rings is 1. The fraction of sp³-hybridized carbons (Fsp3) is 0.214. The van der Waals surface area contributed by atoms with E-state index in [9.17, 15) is 22.8 Å². The van der Waals surface area contributed by atoms with Gasteiger partial charge in [0.25, 0.3) is 5.56 Å². The fourth-order valence-electron chi connectivity index (χ4n) is 1.96. The first-order chi connectivity index (χ1) is 11.0. The van der Waals surface area contributed by atoms with Gasteiger partial charge in [0, 0.05) is 25.3 Å². The molecule has 2 rings (SSSR count). The van der Waals surface area contributed by atoms with Crippen LogP contribution in [-0.4, -0.2) is 23.3 Å². The van der Waals surface area contributed by atoms with Gasteiger partial charge in [0.05, 0.1) is 5.56 Å². The zero-order valence-electron chi connectivity index (χ0n) is 12.9. The van der Waals surface area contributed by atoms with E-state index < -0.39 is 32.0 Å². The van der Waals surface area contributed by atoms with Gasteiger partial charge in [-0.05, 0) is 25.1 Å². The van der Waals surface area contributed by atoms with E-state index in [1.807, 2.05) is 0 Å². The summed E-state index contributed by atoms with van der Waals surface area (Å²) in [5, 5.41) is 0.225. The molecule has 0 amide bonds. The number of hydrogen-bond donors (Lipinski definition) is 0. The van der Waals surface area contributed by atoms with Crippen molar-refractivity contribution in [3.63, 3.8) is 0 Å². The highest BCUT2D eigenvalue weighted by Gasteiger charge is 2.25. The van der Waals surface area contributed by atoms with Crippen LogP contribution >= 0.6 is 11.6 Å². The van der Waals surface area contributed by atoms with Crippen LogP contribution in [0.3, 0.4) is 0 Å². The maximum Gasteiger partial charge on any atom is 0.346 e. The number of carbonyl (C=O) groups excluding carboxylic acids is 1. The van der Waals surface area contributed by atoms with Gasteiger partial charge in [0.15, 0.2) is 16.4 Å². The molecule has 24 heavy (non-hydrogen) atoms. The Morgan fingerprint density at radius 2 is 1.83 bits per heavy atom. The monoisotopic (exact) mass is 372 g/mol. The lowest BCUT2D eigenvalue weighted by atomic mass is 10.1. The molecule has 0 aliphatic rings. The highest BCUT2D eigenvalue weighted by Crippen LogP contribution is 2.25. The number of carbonyl (C=O) groups is 1. The van der Waals surface area contributed by atoms with E-state index in [1.165, 1.54) is 32.2 Å².